The molecule has 2 heteroatoms. The number of unbranched alkanes of at least 4 members (excludes halogenated alkanes) is 19. The van der Waals surface area contributed by atoms with E-state index < -0.39 is 0 Å². The summed E-state index contributed by atoms with van der Waals surface area (Å²) in [6.07, 6.45) is 31.7. The van der Waals surface area contributed by atoms with Crippen molar-refractivity contribution in [3.63, 3.8) is 0 Å². The quantitative estimate of drug-likeness (QED) is 0.0843. The molecule has 0 saturated heterocycles. The van der Waals surface area contributed by atoms with Crippen LogP contribution < -0.4 is 0 Å². The number of rotatable bonds is 27. The lowest BCUT2D eigenvalue weighted by atomic mass is 10.0. The molecular formula is C32H66NO+. The average molecular weight is 481 g/mol. The predicted molar refractivity (Wildman–Crippen MR) is 153 cm³/mol. The van der Waals surface area contributed by atoms with Crippen molar-refractivity contribution in [3.8, 4) is 0 Å². The number of carbonyl (C=O) groups excluding carboxylic acids is 1. The van der Waals surface area contributed by atoms with Gasteiger partial charge in [0.1, 0.15) is 0 Å². The third-order valence-corrected chi connectivity index (χ3v) is 7.84. The number of carbonyl (C=O) groups is 1. The van der Waals surface area contributed by atoms with Gasteiger partial charge in [-0.15, -0.1) is 0 Å². The van der Waals surface area contributed by atoms with Crippen molar-refractivity contribution in [2.75, 3.05) is 19.6 Å². The number of hydrogen-bond acceptors (Lipinski definition) is 1. The summed E-state index contributed by atoms with van der Waals surface area (Å²) in [6, 6.07) is 0. The molecule has 0 aliphatic heterocycles. The van der Waals surface area contributed by atoms with Crippen LogP contribution in [0.3, 0.4) is 0 Å². The van der Waals surface area contributed by atoms with Gasteiger partial charge in [0, 0.05) is 0 Å². The van der Waals surface area contributed by atoms with Crippen LogP contribution in [-0.2, 0) is 4.79 Å². The Morgan fingerprint density at radius 1 is 0.382 bits per heavy atom. The molecule has 0 radical (unpaired) electrons. The Kier molecular flexibility index (Phi) is 25.4. The molecule has 0 unspecified atom stereocenters. The van der Waals surface area contributed by atoms with E-state index in [4.69, 9.17) is 0 Å². The lowest BCUT2D eigenvalue weighted by Crippen LogP contribution is -2.54. The Bertz CT molecular complexity index is 397. The zero-order valence-corrected chi connectivity index (χ0v) is 24.4. The molecule has 0 aromatic heterocycles. The SMILES string of the molecule is CCCCCCCCCCCCCCCCCCCC(=O)[N+](CCCC)(CCCC)CCCC. The van der Waals surface area contributed by atoms with Gasteiger partial charge in [-0.05, 0) is 25.7 Å². The monoisotopic (exact) mass is 481 g/mol. The molecule has 0 saturated carbocycles. The fourth-order valence-corrected chi connectivity index (χ4v) is 5.33. The van der Waals surface area contributed by atoms with Gasteiger partial charge in [-0.25, -0.2) is 4.79 Å². The Balaban J connectivity index is 3.80. The summed E-state index contributed by atoms with van der Waals surface area (Å²) in [5.74, 6) is 0.552. The molecule has 2 nitrogen and oxygen atoms in total. The second-order valence-corrected chi connectivity index (χ2v) is 11.2. The van der Waals surface area contributed by atoms with Crippen LogP contribution in [0.2, 0.25) is 0 Å². The molecule has 0 atom stereocenters. The third kappa shape index (κ3) is 18.9. The maximum absolute atomic E-state index is 13.3. The summed E-state index contributed by atoms with van der Waals surface area (Å²) < 4.78 is 0.786. The smallest absolute Gasteiger partial charge is 0.261 e. The first-order valence-corrected chi connectivity index (χ1v) is 16.1. The van der Waals surface area contributed by atoms with Gasteiger partial charge in [-0.1, -0.05) is 150 Å². The zero-order chi connectivity index (χ0) is 25.2. The lowest BCUT2D eigenvalue weighted by Gasteiger charge is -2.36. The highest BCUT2D eigenvalue weighted by molar-refractivity contribution is 5.69. The highest BCUT2D eigenvalue weighted by Crippen LogP contribution is 2.20. The van der Waals surface area contributed by atoms with Crippen LogP contribution in [0.25, 0.3) is 0 Å². The van der Waals surface area contributed by atoms with Gasteiger partial charge in [0.25, 0.3) is 0 Å². The van der Waals surface area contributed by atoms with Crippen molar-refractivity contribution in [3.05, 3.63) is 0 Å². The topological polar surface area (TPSA) is 17.1 Å². The lowest BCUT2D eigenvalue weighted by molar-refractivity contribution is -0.855. The summed E-state index contributed by atoms with van der Waals surface area (Å²) in [7, 11) is 0. The van der Waals surface area contributed by atoms with Gasteiger partial charge in [0.05, 0.1) is 26.1 Å². The summed E-state index contributed by atoms with van der Waals surface area (Å²) in [5.41, 5.74) is 0. The van der Waals surface area contributed by atoms with E-state index in [2.05, 4.69) is 27.7 Å². The molecule has 0 N–H and O–H groups in total. The van der Waals surface area contributed by atoms with Crippen LogP contribution in [0, 0.1) is 0 Å². The Hall–Kier alpha value is -0.370. The fourth-order valence-electron chi connectivity index (χ4n) is 5.33. The molecule has 0 aromatic carbocycles. The zero-order valence-electron chi connectivity index (χ0n) is 24.4. The van der Waals surface area contributed by atoms with E-state index in [0.29, 0.717) is 5.91 Å². The van der Waals surface area contributed by atoms with E-state index in [1.807, 2.05) is 0 Å². The van der Waals surface area contributed by atoms with Crippen LogP contribution in [0.5, 0.6) is 0 Å². The van der Waals surface area contributed by atoms with Crippen LogP contribution in [-0.4, -0.2) is 30.0 Å². The molecule has 34 heavy (non-hydrogen) atoms. The second-order valence-electron chi connectivity index (χ2n) is 11.2. The minimum atomic E-state index is 0.552. The third-order valence-electron chi connectivity index (χ3n) is 7.84. The highest BCUT2D eigenvalue weighted by Gasteiger charge is 2.34. The summed E-state index contributed by atoms with van der Waals surface area (Å²) >= 11 is 0. The molecule has 0 aliphatic carbocycles. The van der Waals surface area contributed by atoms with E-state index in [1.54, 1.807) is 0 Å². The van der Waals surface area contributed by atoms with Gasteiger partial charge < -0.3 is 0 Å². The Morgan fingerprint density at radius 2 is 0.647 bits per heavy atom. The molecule has 1 amide bonds. The summed E-state index contributed by atoms with van der Waals surface area (Å²) in [5, 5.41) is 0. The maximum Gasteiger partial charge on any atom is 0.313 e. The van der Waals surface area contributed by atoms with Crippen molar-refractivity contribution >= 4 is 5.91 Å². The van der Waals surface area contributed by atoms with Crippen LogP contribution in [0.1, 0.15) is 182 Å². The van der Waals surface area contributed by atoms with E-state index in [-0.39, 0.29) is 0 Å². The first-order valence-electron chi connectivity index (χ1n) is 16.1. The van der Waals surface area contributed by atoms with Gasteiger partial charge >= 0.3 is 5.91 Å². The van der Waals surface area contributed by atoms with E-state index >= 15 is 0 Å². The van der Waals surface area contributed by atoms with Crippen LogP contribution in [0.4, 0.5) is 0 Å². The van der Waals surface area contributed by atoms with Gasteiger partial charge in [-0.2, -0.15) is 0 Å². The number of hydrogen-bond donors (Lipinski definition) is 0. The number of nitrogens with zero attached hydrogens (tertiary/aromatic N) is 1. The number of amides is 1. The van der Waals surface area contributed by atoms with E-state index in [9.17, 15) is 4.79 Å². The molecule has 0 rings (SSSR count). The predicted octanol–water partition coefficient (Wildman–Crippen LogP) is 10.8. The van der Waals surface area contributed by atoms with Crippen molar-refractivity contribution in [2.45, 2.75) is 182 Å². The minimum absolute atomic E-state index is 0.552. The van der Waals surface area contributed by atoms with Crippen molar-refractivity contribution in [1.82, 2.24) is 0 Å². The summed E-state index contributed by atoms with van der Waals surface area (Å²) in [6.45, 7) is 12.3. The Labute approximate surface area is 216 Å². The van der Waals surface area contributed by atoms with E-state index in [0.717, 1.165) is 37.0 Å². The first kappa shape index (κ1) is 33.6. The average Bonchev–Trinajstić information content (AvgIpc) is 2.85. The molecule has 0 heterocycles. The molecule has 0 aromatic rings. The minimum Gasteiger partial charge on any atom is -0.261 e. The normalized spacial score (nSPS) is 11.9. The molecule has 0 fully saturated rings. The standard InChI is InChI=1S/C32H66NO/c1-5-9-13-14-15-16-17-18-19-20-21-22-23-24-25-26-27-28-32(34)33(29-10-6-2,30-11-7-3)31-12-8-4/h5-31H2,1-4H3/q+1. The van der Waals surface area contributed by atoms with Crippen molar-refractivity contribution < 1.29 is 9.28 Å². The molecule has 204 valence electrons. The molecule has 0 bridgehead atoms. The van der Waals surface area contributed by atoms with Crippen LogP contribution in [0.15, 0.2) is 0 Å². The van der Waals surface area contributed by atoms with E-state index in [1.165, 1.54) is 141 Å². The van der Waals surface area contributed by atoms with Gasteiger partial charge in [0.2, 0.25) is 0 Å². The Morgan fingerprint density at radius 3 is 0.941 bits per heavy atom. The van der Waals surface area contributed by atoms with Gasteiger partial charge in [-0.3, -0.25) is 4.48 Å². The summed E-state index contributed by atoms with van der Waals surface area (Å²) in [4.78, 5) is 13.3. The molecule has 0 aliphatic rings. The van der Waals surface area contributed by atoms with Crippen molar-refractivity contribution in [2.24, 2.45) is 0 Å². The number of quaternary nitrogens is 1. The fraction of sp³-hybridized carbons (Fsp3) is 0.969. The largest absolute Gasteiger partial charge is 0.313 e. The first-order chi connectivity index (χ1) is 16.7. The maximum atomic E-state index is 13.3. The van der Waals surface area contributed by atoms with Crippen molar-refractivity contribution in [1.29, 1.82) is 0 Å². The van der Waals surface area contributed by atoms with Gasteiger partial charge in [0.15, 0.2) is 0 Å². The highest BCUT2D eigenvalue weighted by atomic mass is 16.2. The molecular weight excluding hydrogens is 414 g/mol. The molecule has 0 spiro atoms. The van der Waals surface area contributed by atoms with Crippen LogP contribution >= 0.6 is 0 Å². The second kappa shape index (κ2) is 25.7.